The molecule has 0 atom stereocenters. The zero-order valence-corrected chi connectivity index (χ0v) is 21.0. The van der Waals surface area contributed by atoms with Gasteiger partial charge < -0.3 is 21.8 Å². The molecule has 28 heavy (non-hydrogen) atoms. The first-order valence-electron chi connectivity index (χ1n) is 9.76. The van der Waals surface area contributed by atoms with Gasteiger partial charge in [0.15, 0.2) is 7.60 Å². The molecule has 0 aromatic rings. The number of unbranched alkanes of at least 4 members (excludes halogenated alkanes) is 2. The van der Waals surface area contributed by atoms with Gasteiger partial charge in [-0.25, -0.2) is 0 Å². The molecule has 3 nitrogen and oxygen atoms in total. The van der Waals surface area contributed by atoms with E-state index in [4.69, 9.17) is 9.05 Å². The minimum Gasteiger partial charge on any atom is -0.374 e. The summed E-state index contributed by atoms with van der Waals surface area (Å²) in [7, 11) is -3.17. The third kappa shape index (κ3) is 18.8. The molecule has 5 heteroatoms. The summed E-state index contributed by atoms with van der Waals surface area (Å²) in [5.74, 6) is 2.91. The second-order valence-electron chi connectivity index (χ2n) is 5.68. The summed E-state index contributed by atoms with van der Waals surface area (Å²) in [5, 5.41) is 0. The van der Waals surface area contributed by atoms with E-state index in [2.05, 4.69) is 19.7 Å². The summed E-state index contributed by atoms with van der Waals surface area (Å²) in [5.41, 5.74) is 0.948. The predicted octanol–water partition coefficient (Wildman–Crippen LogP) is 6.78. The van der Waals surface area contributed by atoms with Crippen molar-refractivity contribution in [3.8, 4) is 0 Å². The molecule has 0 heterocycles. The molecule has 2 fully saturated rings. The van der Waals surface area contributed by atoms with Crippen LogP contribution >= 0.6 is 7.60 Å². The normalized spacial score (nSPS) is 16.5. The summed E-state index contributed by atoms with van der Waals surface area (Å²) in [6.07, 6.45) is 24.9. The van der Waals surface area contributed by atoms with E-state index in [1.807, 2.05) is 64.2 Å². The Morgan fingerprint density at radius 3 is 1.50 bits per heavy atom. The summed E-state index contributed by atoms with van der Waals surface area (Å²) in [4.78, 5) is 0. The first-order chi connectivity index (χ1) is 13.1. The van der Waals surface area contributed by atoms with Crippen LogP contribution in [0.25, 0.3) is 0 Å². The molecule has 2 aliphatic carbocycles. The van der Waals surface area contributed by atoms with Crippen LogP contribution in [0.5, 0.6) is 0 Å². The monoisotopic (exact) mass is 480 g/mol. The van der Waals surface area contributed by atoms with Gasteiger partial charge in [0.25, 0.3) is 0 Å². The molecule has 10 radical (unpaired) electrons. The molecule has 0 N–H and O–H groups in total. The fraction of sp³-hybridized carbons (Fsp3) is 0.435. The molecule has 0 saturated heterocycles. The zero-order chi connectivity index (χ0) is 20.2. The Bertz CT molecular complexity index is 356. The Hall–Kier alpha value is 0.773. The van der Waals surface area contributed by atoms with Crippen LogP contribution in [0.15, 0.2) is 5.57 Å². The topological polar surface area (TPSA) is 35.5 Å². The zero-order valence-electron chi connectivity index (χ0n) is 17.6. The van der Waals surface area contributed by atoms with E-state index in [1.165, 1.54) is 12.8 Å². The van der Waals surface area contributed by atoms with Crippen LogP contribution in [-0.2, 0) is 39.8 Å². The summed E-state index contributed by atoms with van der Waals surface area (Å²) < 4.78 is 22.6. The van der Waals surface area contributed by atoms with Crippen molar-refractivity contribution >= 4 is 7.60 Å². The first kappa shape index (κ1) is 31.0. The van der Waals surface area contributed by atoms with Gasteiger partial charge in [-0.15, -0.1) is 0 Å². The fourth-order valence-corrected chi connectivity index (χ4v) is 3.60. The minimum absolute atomic E-state index is 0. The third-order valence-corrected chi connectivity index (χ3v) is 5.17. The Morgan fingerprint density at radius 1 is 0.821 bits per heavy atom. The number of hydrogen-bond donors (Lipinski definition) is 0. The molecule has 0 aromatic heterocycles. The SMILES string of the molecule is [CH2-]CC(=[C-]P(=O)(OCC)OCC)CCCCC.[CH]1[CH][CH][CH][CH]1.[CH]1[CH][CH][CH][CH]1.[Zr+4]. The van der Waals surface area contributed by atoms with Crippen LogP contribution in [0.2, 0.25) is 0 Å². The van der Waals surface area contributed by atoms with Crippen molar-refractivity contribution in [1.82, 2.24) is 0 Å². The van der Waals surface area contributed by atoms with Crippen molar-refractivity contribution in [3.05, 3.63) is 82.5 Å². The molecule has 0 aromatic carbocycles. The van der Waals surface area contributed by atoms with Crippen LogP contribution < -0.4 is 0 Å². The van der Waals surface area contributed by atoms with Crippen molar-refractivity contribution in [1.29, 1.82) is 0 Å². The van der Waals surface area contributed by atoms with E-state index in [0.717, 1.165) is 18.4 Å². The second-order valence-corrected chi connectivity index (χ2v) is 7.41. The van der Waals surface area contributed by atoms with Crippen LogP contribution in [0.3, 0.4) is 0 Å². The van der Waals surface area contributed by atoms with Crippen molar-refractivity contribution in [3.63, 3.8) is 0 Å². The summed E-state index contributed by atoms with van der Waals surface area (Å²) in [6.45, 7) is 10.3. The van der Waals surface area contributed by atoms with Gasteiger partial charge in [-0.1, -0.05) is 32.6 Å². The molecule has 0 spiro atoms. The van der Waals surface area contributed by atoms with Crippen molar-refractivity contribution in [2.45, 2.75) is 52.9 Å². The molecule has 2 saturated carbocycles. The van der Waals surface area contributed by atoms with Crippen LogP contribution in [-0.4, -0.2) is 13.2 Å². The maximum Gasteiger partial charge on any atom is 4.00 e. The van der Waals surface area contributed by atoms with Crippen molar-refractivity contribution < 1.29 is 39.8 Å². The van der Waals surface area contributed by atoms with Gasteiger partial charge >= 0.3 is 26.2 Å². The van der Waals surface area contributed by atoms with Crippen LogP contribution in [0.4, 0.5) is 0 Å². The molecular weight excluding hydrogens is 446 g/mol. The fourth-order valence-electron chi connectivity index (χ4n) is 2.10. The first-order valence-corrected chi connectivity index (χ1v) is 11.3. The van der Waals surface area contributed by atoms with E-state index in [1.54, 1.807) is 13.8 Å². The largest absolute Gasteiger partial charge is 4.00 e. The molecule has 2 aliphatic rings. The number of hydrogen-bond acceptors (Lipinski definition) is 3. The van der Waals surface area contributed by atoms with Gasteiger partial charge in [-0.2, -0.15) is 6.42 Å². The molecule has 0 amide bonds. The smallest absolute Gasteiger partial charge is 0.374 e. The Balaban J connectivity index is 0. The van der Waals surface area contributed by atoms with Crippen molar-refractivity contribution in [2.24, 2.45) is 0 Å². The van der Waals surface area contributed by atoms with E-state index >= 15 is 0 Å². The van der Waals surface area contributed by atoms with Gasteiger partial charge in [0.1, 0.15) is 0 Å². The quantitative estimate of drug-likeness (QED) is 0.196. The van der Waals surface area contributed by atoms with Gasteiger partial charge in [0.05, 0.1) is 13.2 Å². The third-order valence-electron chi connectivity index (χ3n) is 3.39. The van der Waals surface area contributed by atoms with Gasteiger partial charge in [0.2, 0.25) is 0 Å². The van der Waals surface area contributed by atoms with Gasteiger partial charge in [0, 0.05) is 0 Å². The van der Waals surface area contributed by atoms with E-state index in [-0.39, 0.29) is 26.2 Å². The maximum atomic E-state index is 12.2. The molecule has 152 valence electrons. The maximum absolute atomic E-state index is 12.2. The average molecular weight is 482 g/mol. The summed E-state index contributed by atoms with van der Waals surface area (Å²) >= 11 is 0. The minimum atomic E-state index is -3.17. The van der Waals surface area contributed by atoms with Crippen LogP contribution in [0.1, 0.15) is 52.9 Å². The molecule has 0 aliphatic heterocycles. The molecule has 0 bridgehead atoms. The van der Waals surface area contributed by atoms with Gasteiger partial charge in [-0.3, -0.25) is 10.1 Å². The molecular formula is C23H35O3PZr+2. The predicted molar refractivity (Wildman–Crippen MR) is 115 cm³/mol. The van der Waals surface area contributed by atoms with E-state index in [9.17, 15) is 4.57 Å². The van der Waals surface area contributed by atoms with Gasteiger partial charge in [-0.05, 0) is 78.1 Å². The Labute approximate surface area is 195 Å². The van der Waals surface area contributed by atoms with E-state index < -0.39 is 7.60 Å². The second kappa shape index (κ2) is 22.5. The number of rotatable bonds is 10. The Kier molecular flexibility index (Phi) is 24.8. The van der Waals surface area contributed by atoms with E-state index in [0.29, 0.717) is 19.6 Å². The van der Waals surface area contributed by atoms with Crippen molar-refractivity contribution in [2.75, 3.05) is 13.2 Å². The van der Waals surface area contributed by atoms with Crippen LogP contribution in [0, 0.1) is 76.9 Å². The summed E-state index contributed by atoms with van der Waals surface area (Å²) in [6, 6.07) is 0. The Morgan fingerprint density at radius 2 is 1.21 bits per heavy atom. The standard InChI is InChI=1S/C13H25O3P.2C5H5.Zr/c1-5-9-10-11-13(6-2)12-17(14,15-7-3)16-8-4;2*1-2-4-5-3-1;/h2,5-11H2,1,3-4H3;2*1-5H;/q-2;;;+4. The molecule has 0 unspecified atom stereocenters. The number of allylic oxidation sites excluding steroid dienone is 1. The average Bonchev–Trinajstić information content (AvgIpc) is 3.39. The molecule has 2 rings (SSSR count).